The summed E-state index contributed by atoms with van der Waals surface area (Å²) in [4.78, 5) is 0. The van der Waals surface area contributed by atoms with Crippen molar-refractivity contribution < 1.29 is 4.74 Å². The van der Waals surface area contributed by atoms with Gasteiger partial charge in [0.05, 0.1) is 12.9 Å². The molecule has 2 heteroatoms. The topological polar surface area (TPSA) is 21.3 Å². The highest BCUT2D eigenvalue weighted by Gasteiger charge is 2.18. The van der Waals surface area contributed by atoms with Crippen LogP contribution in [0.4, 0.5) is 0 Å². The average molecular weight is 183 g/mol. The van der Waals surface area contributed by atoms with Gasteiger partial charge >= 0.3 is 0 Å². The van der Waals surface area contributed by atoms with Crippen LogP contribution in [0.5, 0.6) is 0 Å². The first-order chi connectivity index (χ1) is 6.25. The van der Waals surface area contributed by atoms with Crippen LogP contribution >= 0.6 is 0 Å². The minimum atomic E-state index is 0.505. The highest BCUT2D eigenvalue weighted by atomic mass is 16.5. The number of ether oxygens (including phenoxy) is 1. The fourth-order valence-electron chi connectivity index (χ4n) is 1.83. The van der Waals surface area contributed by atoms with Gasteiger partial charge in [-0.3, -0.25) is 0 Å². The second kappa shape index (κ2) is 5.28. The molecule has 0 saturated carbocycles. The summed E-state index contributed by atoms with van der Waals surface area (Å²) >= 11 is 0. The Morgan fingerprint density at radius 1 is 1.54 bits per heavy atom. The molecule has 0 radical (unpaired) electrons. The summed E-state index contributed by atoms with van der Waals surface area (Å²) in [5.41, 5.74) is 1.43. The third kappa shape index (κ3) is 3.03. The van der Waals surface area contributed by atoms with E-state index in [2.05, 4.69) is 26.1 Å². The minimum Gasteiger partial charge on any atom is -0.501 e. The Balaban J connectivity index is 2.56. The first kappa shape index (κ1) is 10.6. The molecular formula is C11H21NO. The third-order valence-electron chi connectivity index (χ3n) is 2.45. The highest BCUT2D eigenvalue weighted by molar-refractivity contribution is 5.10. The number of hydrogen-bond donors (Lipinski definition) is 1. The molecule has 1 aliphatic rings. The zero-order chi connectivity index (χ0) is 9.68. The summed E-state index contributed by atoms with van der Waals surface area (Å²) in [5, 5.41) is 3.50. The van der Waals surface area contributed by atoms with Crippen molar-refractivity contribution in [3.05, 3.63) is 11.8 Å². The lowest BCUT2D eigenvalue weighted by Gasteiger charge is -2.26. The Labute approximate surface area is 81.4 Å². The Kier molecular flexibility index (Phi) is 4.29. The van der Waals surface area contributed by atoms with E-state index in [0.29, 0.717) is 12.0 Å². The molecule has 0 aromatic heterocycles. The Morgan fingerprint density at radius 3 is 2.77 bits per heavy atom. The van der Waals surface area contributed by atoms with Gasteiger partial charge in [0.15, 0.2) is 0 Å². The molecule has 1 heterocycles. The molecule has 13 heavy (non-hydrogen) atoms. The van der Waals surface area contributed by atoms with E-state index < -0.39 is 0 Å². The Morgan fingerprint density at radius 2 is 2.31 bits per heavy atom. The molecule has 0 fully saturated rings. The van der Waals surface area contributed by atoms with Crippen LogP contribution in [0.1, 0.15) is 33.6 Å². The van der Waals surface area contributed by atoms with Crippen molar-refractivity contribution in [1.29, 1.82) is 0 Å². The van der Waals surface area contributed by atoms with E-state index >= 15 is 0 Å². The van der Waals surface area contributed by atoms with Gasteiger partial charge in [-0.1, -0.05) is 20.8 Å². The van der Waals surface area contributed by atoms with Crippen molar-refractivity contribution >= 4 is 0 Å². The second-order valence-electron chi connectivity index (χ2n) is 3.95. The molecule has 1 N–H and O–H groups in total. The molecule has 1 rings (SSSR count). The smallest absolute Gasteiger partial charge is 0.0876 e. The lowest BCUT2D eigenvalue weighted by atomic mass is 9.93. The molecule has 0 bridgehead atoms. The molecule has 1 unspecified atom stereocenters. The molecular weight excluding hydrogens is 162 g/mol. The SMILES string of the molecule is CCNC(C1=COCCC1)C(C)C. The molecule has 0 saturated heterocycles. The molecule has 1 atom stereocenters. The number of rotatable bonds is 4. The van der Waals surface area contributed by atoms with Crippen LogP contribution in [0, 0.1) is 5.92 Å². The standard InChI is InChI=1S/C11H21NO/c1-4-12-11(9(2)3)10-6-5-7-13-8-10/h8-9,11-12H,4-7H2,1-3H3. The van der Waals surface area contributed by atoms with Crippen molar-refractivity contribution in [2.24, 2.45) is 5.92 Å². The van der Waals surface area contributed by atoms with E-state index in [1.807, 2.05) is 6.26 Å². The maximum Gasteiger partial charge on any atom is 0.0876 e. The van der Waals surface area contributed by atoms with Crippen molar-refractivity contribution in [2.75, 3.05) is 13.2 Å². The summed E-state index contributed by atoms with van der Waals surface area (Å²) in [6.45, 7) is 8.58. The van der Waals surface area contributed by atoms with Gasteiger partial charge in [0, 0.05) is 6.04 Å². The predicted octanol–water partition coefficient (Wildman–Crippen LogP) is 2.31. The summed E-state index contributed by atoms with van der Waals surface area (Å²) in [6, 6.07) is 0.505. The fraction of sp³-hybridized carbons (Fsp3) is 0.818. The number of nitrogens with one attached hydrogen (secondary N) is 1. The zero-order valence-electron chi connectivity index (χ0n) is 8.97. The maximum atomic E-state index is 5.36. The molecule has 2 nitrogen and oxygen atoms in total. The molecule has 1 aliphatic heterocycles. The number of hydrogen-bond acceptors (Lipinski definition) is 2. The van der Waals surface area contributed by atoms with Gasteiger partial charge in [-0.05, 0) is 30.9 Å². The Hall–Kier alpha value is -0.500. The maximum absolute atomic E-state index is 5.36. The molecule has 0 aliphatic carbocycles. The molecule has 0 aromatic carbocycles. The normalized spacial score (nSPS) is 19.5. The molecule has 0 spiro atoms. The first-order valence-corrected chi connectivity index (χ1v) is 5.29. The van der Waals surface area contributed by atoms with Gasteiger partial charge < -0.3 is 10.1 Å². The minimum absolute atomic E-state index is 0.505. The van der Waals surface area contributed by atoms with Gasteiger partial charge in [0.1, 0.15) is 0 Å². The van der Waals surface area contributed by atoms with Gasteiger partial charge in [0.25, 0.3) is 0 Å². The summed E-state index contributed by atoms with van der Waals surface area (Å²) in [5.74, 6) is 0.646. The van der Waals surface area contributed by atoms with Crippen LogP contribution < -0.4 is 5.32 Å². The first-order valence-electron chi connectivity index (χ1n) is 5.29. The highest BCUT2D eigenvalue weighted by Crippen LogP contribution is 2.20. The van der Waals surface area contributed by atoms with Crippen LogP contribution in [-0.4, -0.2) is 19.2 Å². The predicted molar refractivity (Wildman–Crippen MR) is 55.6 cm³/mol. The van der Waals surface area contributed by atoms with Crippen LogP contribution in [0.2, 0.25) is 0 Å². The fourth-order valence-corrected chi connectivity index (χ4v) is 1.83. The summed E-state index contributed by atoms with van der Waals surface area (Å²) < 4.78 is 5.36. The summed E-state index contributed by atoms with van der Waals surface area (Å²) in [6.07, 6.45) is 4.31. The van der Waals surface area contributed by atoms with E-state index in [-0.39, 0.29) is 0 Å². The van der Waals surface area contributed by atoms with Crippen molar-refractivity contribution in [2.45, 2.75) is 39.7 Å². The molecule has 76 valence electrons. The Bertz CT molecular complexity index is 175. The van der Waals surface area contributed by atoms with Gasteiger partial charge in [-0.25, -0.2) is 0 Å². The van der Waals surface area contributed by atoms with Gasteiger partial charge in [-0.15, -0.1) is 0 Å². The molecule has 0 aromatic rings. The zero-order valence-corrected chi connectivity index (χ0v) is 8.97. The van der Waals surface area contributed by atoms with Crippen molar-refractivity contribution in [1.82, 2.24) is 5.32 Å². The van der Waals surface area contributed by atoms with Crippen LogP contribution in [0.15, 0.2) is 11.8 Å². The van der Waals surface area contributed by atoms with E-state index in [4.69, 9.17) is 4.74 Å². The van der Waals surface area contributed by atoms with Crippen LogP contribution in [0.3, 0.4) is 0 Å². The lowest BCUT2D eigenvalue weighted by Crippen LogP contribution is -2.36. The lowest BCUT2D eigenvalue weighted by molar-refractivity contribution is 0.216. The van der Waals surface area contributed by atoms with Gasteiger partial charge in [-0.2, -0.15) is 0 Å². The van der Waals surface area contributed by atoms with Crippen LogP contribution in [0.25, 0.3) is 0 Å². The van der Waals surface area contributed by atoms with Gasteiger partial charge in [0.2, 0.25) is 0 Å². The third-order valence-corrected chi connectivity index (χ3v) is 2.45. The average Bonchev–Trinajstić information content (AvgIpc) is 2.15. The van der Waals surface area contributed by atoms with Crippen molar-refractivity contribution in [3.8, 4) is 0 Å². The monoisotopic (exact) mass is 183 g/mol. The summed E-state index contributed by atoms with van der Waals surface area (Å²) in [7, 11) is 0. The largest absolute Gasteiger partial charge is 0.501 e. The van der Waals surface area contributed by atoms with E-state index in [1.54, 1.807) is 0 Å². The van der Waals surface area contributed by atoms with E-state index in [9.17, 15) is 0 Å². The van der Waals surface area contributed by atoms with E-state index in [0.717, 1.165) is 13.2 Å². The van der Waals surface area contributed by atoms with Crippen molar-refractivity contribution in [3.63, 3.8) is 0 Å². The van der Waals surface area contributed by atoms with E-state index in [1.165, 1.54) is 18.4 Å². The van der Waals surface area contributed by atoms with Crippen LogP contribution in [-0.2, 0) is 4.74 Å². The second-order valence-corrected chi connectivity index (χ2v) is 3.95. The quantitative estimate of drug-likeness (QED) is 0.722. The number of likely N-dealkylation sites (N-methyl/N-ethyl adjacent to an activating group) is 1. The molecule has 0 amide bonds.